The topological polar surface area (TPSA) is 150 Å². The van der Waals surface area contributed by atoms with Crippen LogP contribution in [0.25, 0.3) is 0 Å². The average molecular weight is 596 g/mol. The molecule has 1 unspecified atom stereocenters. The van der Waals surface area contributed by atoms with Crippen LogP contribution in [0.4, 0.5) is 9.59 Å². The van der Waals surface area contributed by atoms with Crippen molar-refractivity contribution in [2.45, 2.75) is 107 Å². The number of hydrogen-bond acceptors (Lipinski definition) is 11. The fraction of sp³-hybridized carbons (Fsp3) is 0.677. The summed E-state index contributed by atoms with van der Waals surface area (Å²) in [7, 11) is 0. The second-order valence-corrected chi connectivity index (χ2v) is 13.0. The third-order valence-electron chi connectivity index (χ3n) is 5.79. The van der Waals surface area contributed by atoms with Crippen LogP contribution in [0.3, 0.4) is 0 Å². The Bertz CT molecular complexity index is 1060. The Morgan fingerprint density at radius 1 is 0.762 bits per heavy atom. The number of carbonyl (C=O) groups is 4. The van der Waals surface area contributed by atoms with Gasteiger partial charge in [0.1, 0.15) is 18.2 Å². The van der Waals surface area contributed by atoms with Crippen LogP contribution in [-0.2, 0) is 35.0 Å². The van der Waals surface area contributed by atoms with E-state index in [9.17, 15) is 19.2 Å². The summed E-state index contributed by atoms with van der Waals surface area (Å²) in [5, 5.41) is 0. The number of rotatable bonds is 13. The van der Waals surface area contributed by atoms with Crippen molar-refractivity contribution < 1.29 is 47.6 Å². The third-order valence-corrected chi connectivity index (χ3v) is 5.79. The summed E-state index contributed by atoms with van der Waals surface area (Å²) >= 11 is 0. The molecule has 0 saturated carbocycles. The highest BCUT2D eigenvalue weighted by molar-refractivity contribution is 5.76. The van der Waals surface area contributed by atoms with Crippen LogP contribution in [0.2, 0.25) is 0 Å². The van der Waals surface area contributed by atoms with E-state index >= 15 is 0 Å². The molecule has 1 aromatic rings. The van der Waals surface area contributed by atoms with Crippen LogP contribution in [0.1, 0.15) is 87.6 Å². The molecule has 0 aliphatic carbocycles. The molecule has 0 spiro atoms. The smallest absolute Gasteiger partial charge is 0.459 e. The molecule has 11 nitrogen and oxygen atoms in total. The monoisotopic (exact) mass is 595 g/mol. The van der Waals surface area contributed by atoms with Crippen molar-refractivity contribution in [2.75, 3.05) is 13.2 Å². The number of ether oxygens (including phenoxy) is 6. The standard InChI is InChI=1S/C31H49NO10/c1-11-12-19(2)26(33)39-20(3)21(4)40-27(34)23(32)15-22-13-14-24(41-28(35)37-17-30(5,6)7)25(16-22)42-29(36)38-18-31(8,9)10/h13-14,16,19-21,23H,11-12,15,17-18,32H2,1-10H3/t19?,20-,21-,23-/m0/s1. The van der Waals surface area contributed by atoms with Crippen LogP contribution in [0.15, 0.2) is 18.2 Å². The largest absolute Gasteiger partial charge is 0.513 e. The summed E-state index contributed by atoms with van der Waals surface area (Å²) in [5.41, 5.74) is 6.02. The highest BCUT2D eigenvalue weighted by Crippen LogP contribution is 2.30. The van der Waals surface area contributed by atoms with Gasteiger partial charge in [-0.05, 0) is 55.2 Å². The second-order valence-electron chi connectivity index (χ2n) is 13.0. The number of carbonyl (C=O) groups excluding carboxylic acids is 4. The normalized spacial score (nSPS) is 14.5. The second kappa shape index (κ2) is 16.3. The van der Waals surface area contributed by atoms with Gasteiger partial charge in [-0.2, -0.15) is 0 Å². The molecule has 0 saturated heterocycles. The van der Waals surface area contributed by atoms with E-state index in [0.29, 0.717) is 12.0 Å². The first-order valence-electron chi connectivity index (χ1n) is 14.3. The molecule has 1 rings (SSSR count). The molecule has 0 radical (unpaired) electrons. The Balaban J connectivity index is 2.97. The fourth-order valence-corrected chi connectivity index (χ4v) is 3.28. The summed E-state index contributed by atoms with van der Waals surface area (Å²) in [4.78, 5) is 49.6. The number of esters is 2. The van der Waals surface area contributed by atoms with Gasteiger partial charge >= 0.3 is 24.2 Å². The van der Waals surface area contributed by atoms with Gasteiger partial charge in [0.2, 0.25) is 0 Å². The first-order valence-corrected chi connectivity index (χ1v) is 14.3. The molecule has 0 fully saturated rings. The lowest BCUT2D eigenvalue weighted by Crippen LogP contribution is -2.40. The van der Waals surface area contributed by atoms with Gasteiger partial charge in [-0.1, -0.05) is 67.9 Å². The van der Waals surface area contributed by atoms with Gasteiger partial charge in [0.05, 0.1) is 19.1 Å². The minimum atomic E-state index is -1.08. The number of benzene rings is 1. The number of nitrogens with two attached hydrogens (primary N) is 1. The van der Waals surface area contributed by atoms with E-state index in [1.165, 1.54) is 12.1 Å². The SMILES string of the molecule is CCCC(C)C(=O)O[C@@H](C)[C@H](C)OC(=O)[C@@H](N)Cc1ccc(OC(=O)OCC(C)(C)C)c(OC(=O)OCC(C)(C)C)c1. The third kappa shape index (κ3) is 14.5. The zero-order chi connectivity index (χ0) is 32.3. The summed E-state index contributed by atoms with van der Waals surface area (Å²) < 4.78 is 31.8. The summed E-state index contributed by atoms with van der Waals surface area (Å²) in [6, 6.07) is 3.30. The molecule has 0 bridgehead atoms. The maximum absolute atomic E-state index is 12.7. The first kappa shape index (κ1) is 36.7. The van der Waals surface area contributed by atoms with Crippen molar-refractivity contribution in [1.82, 2.24) is 0 Å². The molecule has 2 N–H and O–H groups in total. The Kier molecular flexibility index (Phi) is 14.3. The molecule has 0 aliphatic heterocycles. The highest BCUT2D eigenvalue weighted by Gasteiger charge is 2.27. The Morgan fingerprint density at radius 3 is 1.71 bits per heavy atom. The molecule has 238 valence electrons. The zero-order valence-corrected chi connectivity index (χ0v) is 26.7. The van der Waals surface area contributed by atoms with Crippen molar-refractivity contribution in [2.24, 2.45) is 22.5 Å². The van der Waals surface area contributed by atoms with Crippen molar-refractivity contribution in [3.05, 3.63) is 23.8 Å². The first-order chi connectivity index (χ1) is 19.3. The van der Waals surface area contributed by atoms with Crippen molar-refractivity contribution in [1.29, 1.82) is 0 Å². The van der Waals surface area contributed by atoms with Gasteiger partial charge < -0.3 is 34.2 Å². The van der Waals surface area contributed by atoms with E-state index in [0.717, 1.165) is 6.42 Å². The van der Waals surface area contributed by atoms with E-state index in [4.69, 9.17) is 34.2 Å². The Labute approximate surface area is 249 Å². The van der Waals surface area contributed by atoms with Gasteiger partial charge in [0.15, 0.2) is 11.5 Å². The fourth-order valence-electron chi connectivity index (χ4n) is 3.28. The van der Waals surface area contributed by atoms with E-state index in [2.05, 4.69) is 0 Å². The average Bonchev–Trinajstić information content (AvgIpc) is 2.86. The van der Waals surface area contributed by atoms with E-state index in [-0.39, 0.29) is 53.9 Å². The lowest BCUT2D eigenvalue weighted by molar-refractivity contribution is -0.168. The summed E-state index contributed by atoms with van der Waals surface area (Å²) in [6.07, 6.45) is -1.80. The van der Waals surface area contributed by atoms with Gasteiger partial charge in [0.25, 0.3) is 0 Å². The van der Waals surface area contributed by atoms with Crippen molar-refractivity contribution >= 4 is 24.2 Å². The molecule has 4 atom stereocenters. The van der Waals surface area contributed by atoms with Crippen LogP contribution < -0.4 is 15.2 Å². The molecule has 11 heteroatoms. The molecular weight excluding hydrogens is 546 g/mol. The number of hydrogen-bond donors (Lipinski definition) is 1. The van der Waals surface area contributed by atoms with Crippen LogP contribution >= 0.6 is 0 Å². The highest BCUT2D eigenvalue weighted by atomic mass is 16.7. The zero-order valence-electron chi connectivity index (χ0n) is 26.7. The van der Waals surface area contributed by atoms with Crippen LogP contribution in [0, 0.1) is 16.7 Å². The van der Waals surface area contributed by atoms with E-state index in [1.807, 2.05) is 48.5 Å². The van der Waals surface area contributed by atoms with Gasteiger partial charge in [-0.15, -0.1) is 0 Å². The van der Waals surface area contributed by atoms with Crippen molar-refractivity contribution in [3.8, 4) is 11.5 Å². The quantitative estimate of drug-likeness (QED) is 0.163. The molecular formula is C31H49NO10. The predicted octanol–water partition coefficient (Wildman–Crippen LogP) is 5.98. The minimum Gasteiger partial charge on any atom is -0.459 e. The Hall–Kier alpha value is -3.34. The molecule has 42 heavy (non-hydrogen) atoms. The summed E-state index contributed by atoms with van der Waals surface area (Å²) in [5.74, 6) is -1.50. The molecule has 0 amide bonds. The van der Waals surface area contributed by atoms with Gasteiger partial charge in [0, 0.05) is 0 Å². The van der Waals surface area contributed by atoms with Gasteiger partial charge in [-0.25, -0.2) is 9.59 Å². The van der Waals surface area contributed by atoms with E-state index in [1.54, 1.807) is 26.8 Å². The lowest BCUT2D eigenvalue weighted by atomic mass is 9.99. The lowest BCUT2D eigenvalue weighted by Gasteiger charge is -2.23. The molecule has 1 aromatic carbocycles. The van der Waals surface area contributed by atoms with Gasteiger partial charge in [-0.3, -0.25) is 9.59 Å². The van der Waals surface area contributed by atoms with Crippen LogP contribution in [0.5, 0.6) is 11.5 Å². The molecule has 0 aliphatic rings. The van der Waals surface area contributed by atoms with E-state index < -0.39 is 36.5 Å². The maximum Gasteiger partial charge on any atom is 0.513 e. The maximum atomic E-state index is 12.7. The summed E-state index contributed by atoms with van der Waals surface area (Å²) in [6.45, 7) is 18.6. The Morgan fingerprint density at radius 2 is 1.24 bits per heavy atom. The minimum absolute atomic E-state index is 0.00933. The molecule has 0 heterocycles. The van der Waals surface area contributed by atoms with Crippen LogP contribution in [-0.4, -0.2) is 55.7 Å². The van der Waals surface area contributed by atoms with Crippen molar-refractivity contribution in [3.63, 3.8) is 0 Å². The molecule has 0 aromatic heterocycles. The predicted molar refractivity (Wildman–Crippen MR) is 156 cm³/mol.